The van der Waals surface area contributed by atoms with Crippen LogP contribution in [0.2, 0.25) is 0 Å². The Labute approximate surface area is 899 Å². The second-order valence-corrected chi connectivity index (χ2v) is 258. The molecule has 4 aromatic carbocycles. The van der Waals surface area contributed by atoms with Crippen LogP contribution in [0.3, 0.4) is 0 Å². The van der Waals surface area contributed by atoms with E-state index in [1.807, 2.05) is 24.0 Å². The Kier molecular flexibility index (Phi) is 92.5. The number of morpholine rings is 2. The number of hydrogen-bond donors (Lipinski definition) is 5. The van der Waals surface area contributed by atoms with E-state index in [-0.39, 0.29) is 235 Å². The average molecular weight is 2950 g/mol. The van der Waals surface area contributed by atoms with Crippen molar-refractivity contribution in [3.63, 3.8) is 0 Å². The number of Topliss-reactive ketones (excluding diaryl/α,β-unsaturated/α-hetero) is 2. The number of hydrogen-bond acceptors (Lipinski definition) is 14. The normalized spacial score (nSPS) is 17.4. The molecule has 7 N–H and O–H groups in total. The molecular weight excluding hydrogens is 2820 g/mol. The number of nitrogens with zero attached hydrogens (tertiary/aromatic N) is 3. The van der Waals surface area contributed by atoms with E-state index >= 15 is 0 Å². The van der Waals surface area contributed by atoms with E-state index in [4.69, 9.17) is 14.2 Å². The number of rotatable bonds is 37. The molecule has 0 aromatic heterocycles. The monoisotopic (exact) mass is 2950 g/mol. The van der Waals surface area contributed by atoms with Crippen molar-refractivity contribution in [1.82, 2.24) is 16.2 Å². The fourth-order valence-electron chi connectivity index (χ4n) is 10.2. The van der Waals surface area contributed by atoms with Crippen LogP contribution in [0.1, 0.15) is 92.1 Å². The first-order chi connectivity index (χ1) is 63.5. The maximum Gasteiger partial charge on any atom is 0.306 e. The summed E-state index contributed by atoms with van der Waals surface area (Å²) in [6.45, 7) is 15.5. The van der Waals surface area contributed by atoms with Crippen LogP contribution in [-0.2, 0) is 23.8 Å². The molecule has 1 amide bonds. The molecule has 0 radical (unpaired) electrons. The number of ketones is 2. The summed E-state index contributed by atoms with van der Waals surface area (Å²) >= 11 is 0. The summed E-state index contributed by atoms with van der Waals surface area (Å²) in [6, 6.07) is 15.0. The zero-order chi connectivity index (χ0) is 104. The number of esters is 1. The van der Waals surface area contributed by atoms with Crippen molar-refractivity contribution in [3.05, 3.63) is 148 Å². The highest BCUT2D eigenvalue weighted by molar-refractivity contribution is 9.40. The van der Waals surface area contributed by atoms with E-state index in [1.165, 1.54) is 18.2 Å². The number of nitrogens with one attached hydrogen (secondary N) is 3. The van der Waals surface area contributed by atoms with E-state index in [0.29, 0.717) is 43.0 Å². The molecule has 766 valence electrons. The maximum absolute atomic E-state index is 14.4. The summed E-state index contributed by atoms with van der Waals surface area (Å²) in [7, 11) is 95.2. The molecule has 2 saturated heterocycles. The summed E-state index contributed by atoms with van der Waals surface area (Å²) in [5, 5.41) is 11.3. The van der Waals surface area contributed by atoms with Gasteiger partial charge in [-0.3, -0.25) is 36.3 Å². The van der Waals surface area contributed by atoms with Crippen LogP contribution < -0.4 is 32.8 Å². The highest BCUT2D eigenvalue weighted by Crippen LogP contribution is 3.34. The van der Waals surface area contributed by atoms with Crippen molar-refractivity contribution >= 4 is 514 Å². The summed E-state index contributed by atoms with van der Waals surface area (Å²) in [6.07, 6.45) is 1.35. The SMILES string of the molecule is C1COCCN1.C=C1CC(C)C(c2ccc(N3CCOCC3)c(F)c2)=NN1.CC1CC(=O)NN=C1c1ccc(F)c(F)c1.CCC(=O)c1ccc(F)c(F)c1.CCOC(=O)CC(C)C(=O)c1ccc(F)c(F)c1.NN.[3H]P(P(P(P)P(P)P)P(P(P)P)P(P)P)P(P(P(P)P)P(P)P)P(P(P)P)P(P)P.[3H]P(P(P(PP)P(P)P)P(P(P)P)P(P)P)P(P(P(P)P)P(P)P)P(P(P)P)P(P)P. The Morgan fingerprint density at radius 3 is 1.19 bits per heavy atom. The lowest BCUT2D eigenvalue weighted by Crippen LogP contribution is -2.36. The van der Waals surface area contributed by atoms with Crippen LogP contribution in [0.5, 0.6) is 0 Å². The summed E-state index contributed by atoms with van der Waals surface area (Å²) in [5.41, 5.74) is 9.81. The predicted molar refractivity (Wildman–Crippen MR) is 767 cm³/mol. The zero-order valence-electron chi connectivity index (χ0n) is 74.9. The van der Waals surface area contributed by atoms with E-state index in [0.717, 1.165) is 107 Å². The Morgan fingerprint density at radius 1 is 0.485 bits per heavy atom. The average Bonchev–Trinajstić information content (AvgIpc) is 0.778. The molecule has 4 aliphatic rings. The first-order valence-electron chi connectivity index (χ1n) is 38.1. The van der Waals surface area contributed by atoms with Crippen molar-refractivity contribution in [3.8, 4) is 0 Å². The number of ether oxygens (including phenoxy) is 3. The number of carbonyl (C=O) groups is 4. The number of anilines is 1. The van der Waals surface area contributed by atoms with Crippen LogP contribution in [0.4, 0.5) is 36.4 Å². The van der Waals surface area contributed by atoms with Gasteiger partial charge in [-0.2, -0.15) is 10.2 Å². The highest BCUT2D eigenvalue weighted by Gasteiger charge is 2.46. The quantitative estimate of drug-likeness (QED) is 0.00713. The molecular formula is C53H128F7N8O7P59. The number of carbonyl (C=O) groups excluding carboxylic acids is 4. The summed E-state index contributed by atoms with van der Waals surface area (Å²) < 4.78 is 126. The molecule has 0 bridgehead atoms. The van der Waals surface area contributed by atoms with Gasteiger partial charge < -0.3 is 24.4 Å². The Bertz CT molecular complexity index is 4200. The third-order valence-corrected chi connectivity index (χ3v) is 391. The van der Waals surface area contributed by atoms with Crippen LogP contribution in [0, 0.1) is 58.5 Å². The van der Waals surface area contributed by atoms with Gasteiger partial charge in [-0.15, -0.1) is 268 Å². The van der Waals surface area contributed by atoms with Crippen molar-refractivity contribution in [2.45, 2.75) is 60.3 Å². The summed E-state index contributed by atoms with van der Waals surface area (Å²) in [5.74, 6) is 0.260. The van der Waals surface area contributed by atoms with Crippen LogP contribution >= 0.6 is 473 Å². The lowest BCUT2D eigenvalue weighted by Gasteiger charge is -2.46. The lowest BCUT2D eigenvalue weighted by atomic mass is 9.93. The minimum absolute atomic E-state index is 0.0469. The van der Waals surface area contributed by atoms with Gasteiger partial charge in [0.1, 0.15) is 5.82 Å². The van der Waals surface area contributed by atoms with Gasteiger partial charge in [-0.1, -0.05) is 48.3 Å². The number of allylic oxidation sites excluding steroid dienone is 1. The molecule has 0 saturated carbocycles. The largest absolute Gasteiger partial charge is 0.466 e. The predicted octanol–water partition coefficient (Wildman–Crippen LogP) is 42.0. The fraction of sp³-hybridized carbons (Fsp3) is 0.396. The molecule has 2 fully saturated rings. The smallest absolute Gasteiger partial charge is 0.306 e. The maximum atomic E-state index is 14.4. The number of hydrazone groups is 2. The van der Waals surface area contributed by atoms with Gasteiger partial charge in [0.2, 0.25) is 5.91 Å². The molecule has 0 aliphatic carbocycles. The van der Waals surface area contributed by atoms with Gasteiger partial charge in [0, 0.05) is 84.7 Å². The van der Waals surface area contributed by atoms with E-state index < -0.39 is 68.4 Å². The molecule has 134 heavy (non-hydrogen) atoms. The fourth-order valence-corrected chi connectivity index (χ4v) is 703. The summed E-state index contributed by atoms with van der Waals surface area (Å²) in [4.78, 5) is 47.1. The van der Waals surface area contributed by atoms with Gasteiger partial charge in [0.05, 0.1) is 59.1 Å². The third-order valence-electron chi connectivity index (χ3n) is 15.9. The van der Waals surface area contributed by atoms with E-state index in [2.05, 4.69) is 319 Å². The van der Waals surface area contributed by atoms with E-state index in [9.17, 15) is 52.5 Å². The number of nitrogens with two attached hydrogens (primary N) is 2. The molecule has 4 aliphatic heterocycles. The molecule has 0 spiro atoms. The number of amides is 1. The van der Waals surface area contributed by atoms with Crippen molar-refractivity contribution in [1.29, 1.82) is 2.56 Å². The number of halogens is 7. The molecule has 4 aromatic rings. The molecule has 8 rings (SSSR count). The third kappa shape index (κ3) is 57.7. The van der Waals surface area contributed by atoms with Crippen molar-refractivity contribution in [2.75, 3.05) is 64.1 Å². The Balaban J connectivity index is 0.000000819. The molecule has 15 nitrogen and oxygen atoms in total. The molecule has 81 heteroatoms. The van der Waals surface area contributed by atoms with E-state index in [1.54, 1.807) is 26.8 Å². The van der Waals surface area contributed by atoms with Gasteiger partial charge in [0.15, 0.2) is 46.5 Å². The van der Waals surface area contributed by atoms with Crippen LogP contribution in [0.25, 0.3) is 0 Å². The standard InChI is InChI=1S/C16H20FN3O.C13H14F2O3.C11H10F2N2O.C9H8F2O.C4H9NO.H4N2.H32P30.H31P29/c1-11-9-12(2)18-19-16(11)13-3-4-15(14(17)10-13)20-5-7-21-8-6-20;1-3-18-12(16)6-8(2)13(17)9-4-5-10(14)11(15)7-9;1-6-4-10(16)14-15-11(6)7-2-3-8(12)9(13)5-7;1-2-9(12)6-3-4-7(10)8(11)5-6;1-3-6-4-2-5-1;1-2;1-16-25(18(2)3)26(28(19(4)5)20(6)7)17-27(29(21(8)9)22(10)11)30(23(12)13)24(14)15;1-17(2)24(15)25(27(18(3)4)19(5)6)16-26(28(20(7)8)21(9)10)29(22(11)12)23(13)14/h3-4,10-11,18H,2,5-9H2,1H3;4-5,7-8H,3,6H2,1-2H3;2-3,5-6H,4H2,1H3,(H,14,16);3-5H,2H2,1H3;5H,1-4H2;1-2H2;16-17H,1-15H2;16H,1-15H2/i;;;;;;17T;16T. The Hall–Kier alpha value is 18.5. The molecule has 40 atom stereocenters. The number of hydrazine groups is 1. The Morgan fingerprint density at radius 2 is 0.843 bits per heavy atom. The second-order valence-electron chi connectivity index (χ2n) is 25.9. The molecule has 40 unspecified atom stereocenters. The van der Waals surface area contributed by atoms with Crippen LogP contribution in [0.15, 0.2) is 95.3 Å². The zero-order valence-corrected chi connectivity index (χ0v) is 134. The highest BCUT2D eigenvalue weighted by atomic mass is 33.5. The first-order valence-corrected chi connectivity index (χ1v) is 143. The van der Waals surface area contributed by atoms with Crippen molar-refractivity contribution < 1.29 is 64.1 Å². The van der Waals surface area contributed by atoms with Gasteiger partial charge in [-0.25, -0.2) is 36.2 Å². The minimum atomic E-state index is -1.08. The van der Waals surface area contributed by atoms with Gasteiger partial charge >= 0.3 is 5.97 Å². The second kappa shape index (κ2) is 84.5. The van der Waals surface area contributed by atoms with Gasteiger partial charge in [-0.05, 0) is 278 Å². The van der Waals surface area contributed by atoms with Crippen LogP contribution in [-0.4, -0.2) is 96.6 Å². The van der Waals surface area contributed by atoms with Crippen molar-refractivity contribution in [2.24, 2.45) is 39.6 Å². The molecule has 4 heterocycles. The number of benzene rings is 4. The topological polar surface area (TPSA) is 212 Å². The lowest BCUT2D eigenvalue weighted by molar-refractivity contribution is -0.143. The van der Waals surface area contributed by atoms with Gasteiger partial charge in [0.25, 0.3) is 0 Å². The minimum Gasteiger partial charge on any atom is -0.466 e. The first kappa shape index (κ1) is 147.